The van der Waals surface area contributed by atoms with E-state index in [1.807, 2.05) is 6.07 Å². The summed E-state index contributed by atoms with van der Waals surface area (Å²) in [7, 11) is 0. The predicted molar refractivity (Wildman–Crippen MR) is 185 cm³/mol. The van der Waals surface area contributed by atoms with Crippen molar-refractivity contribution < 1.29 is 39.5 Å². The molecular formula is C41H19F9N4. The van der Waals surface area contributed by atoms with Gasteiger partial charge in [0.25, 0.3) is 0 Å². The van der Waals surface area contributed by atoms with Crippen LogP contribution in [0.3, 0.4) is 0 Å². The van der Waals surface area contributed by atoms with E-state index >= 15 is 0 Å². The summed E-state index contributed by atoms with van der Waals surface area (Å²) < 4.78 is 132. The van der Waals surface area contributed by atoms with Crippen LogP contribution in [0.15, 0.2) is 115 Å². The smallest absolute Gasteiger partial charge is 0.308 e. The number of aromatic nitrogens is 2. The minimum absolute atomic E-state index is 0.0104. The molecule has 0 aliphatic heterocycles. The van der Waals surface area contributed by atoms with Crippen molar-refractivity contribution in [3.8, 4) is 34.6 Å². The summed E-state index contributed by atoms with van der Waals surface area (Å²) in [5, 5.41) is 22.7. The fraction of sp³-hybridized carbons (Fsp3) is 0.0732. The van der Waals surface area contributed by atoms with Crippen LogP contribution in [0.1, 0.15) is 27.8 Å². The van der Waals surface area contributed by atoms with Crippen LogP contribution in [0.2, 0.25) is 0 Å². The van der Waals surface area contributed by atoms with Gasteiger partial charge in [0.15, 0.2) is 0 Å². The number of hydrogen-bond donors (Lipinski definition) is 0. The lowest BCUT2D eigenvalue weighted by Crippen LogP contribution is -2.12. The highest BCUT2D eigenvalue weighted by molar-refractivity contribution is 6.12. The molecule has 0 aliphatic carbocycles. The van der Waals surface area contributed by atoms with Crippen molar-refractivity contribution >= 4 is 43.6 Å². The van der Waals surface area contributed by atoms with Crippen LogP contribution >= 0.6 is 0 Å². The molecule has 0 fully saturated rings. The van der Waals surface area contributed by atoms with Gasteiger partial charge in [0.05, 0.1) is 61.8 Å². The second-order valence-corrected chi connectivity index (χ2v) is 12.5. The maximum Gasteiger partial charge on any atom is 0.417 e. The molecule has 0 radical (unpaired) electrons. The quantitative estimate of drug-likeness (QED) is 0.170. The fourth-order valence-corrected chi connectivity index (χ4v) is 7.28. The molecule has 4 nitrogen and oxygen atoms in total. The molecule has 0 unspecified atom stereocenters. The van der Waals surface area contributed by atoms with Gasteiger partial charge in [0.2, 0.25) is 0 Å². The molecule has 0 saturated heterocycles. The SMILES string of the molecule is N#Cc1cccc(C(F)(F)F)c1-c1ccc(-n2c3ccccc3c3ccc(C(F)(F)F)cc32)c(C#N)c1-n1c2ccccc2c2ccc(C(F)(F)F)cc21. The lowest BCUT2D eigenvalue weighted by atomic mass is 9.90. The lowest BCUT2D eigenvalue weighted by molar-refractivity contribution is -0.138. The number of nitriles is 2. The van der Waals surface area contributed by atoms with Crippen LogP contribution in [0.25, 0.3) is 66.1 Å². The molecule has 266 valence electrons. The Morgan fingerprint density at radius 3 is 1.50 bits per heavy atom. The van der Waals surface area contributed by atoms with Gasteiger partial charge in [-0.25, -0.2) is 0 Å². The van der Waals surface area contributed by atoms with Crippen LogP contribution in [0.4, 0.5) is 39.5 Å². The van der Waals surface area contributed by atoms with Gasteiger partial charge in [0.1, 0.15) is 11.6 Å². The van der Waals surface area contributed by atoms with Crippen molar-refractivity contribution in [3.05, 3.63) is 143 Å². The molecule has 0 saturated carbocycles. The monoisotopic (exact) mass is 738 g/mol. The molecule has 2 heterocycles. The van der Waals surface area contributed by atoms with Gasteiger partial charge in [-0.1, -0.05) is 60.7 Å². The molecule has 13 heteroatoms. The van der Waals surface area contributed by atoms with E-state index in [-0.39, 0.29) is 44.4 Å². The average Bonchev–Trinajstić information content (AvgIpc) is 3.64. The van der Waals surface area contributed by atoms with Crippen molar-refractivity contribution in [2.75, 3.05) is 0 Å². The minimum Gasteiger partial charge on any atom is -0.308 e. The molecule has 2 aromatic heterocycles. The zero-order valence-electron chi connectivity index (χ0n) is 27.2. The second-order valence-electron chi connectivity index (χ2n) is 12.5. The zero-order chi connectivity index (χ0) is 38.3. The van der Waals surface area contributed by atoms with Gasteiger partial charge < -0.3 is 9.13 Å². The number of halogens is 9. The molecule has 54 heavy (non-hydrogen) atoms. The van der Waals surface area contributed by atoms with Crippen molar-refractivity contribution in [2.24, 2.45) is 0 Å². The summed E-state index contributed by atoms with van der Waals surface area (Å²) in [6.07, 6.45) is -14.6. The average molecular weight is 739 g/mol. The van der Waals surface area contributed by atoms with Gasteiger partial charge in [0, 0.05) is 32.7 Å². The van der Waals surface area contributed by atoms with Crippen LogP contribution in [-0.2, 0) is 18.5 Å². The minimum atomic E-state index is -5.03. The molecule has 0 amide bonds. The van der Waals surface area contributed by atoms with Gasteiger partial charge >= 0.3 is 18.5 Å². The van der Waals surface area contributed by atoms with Gasteiger partial charge in [-0.3, -0.25) is 0 Å². The fourth-order valence-electron chi connectivity index (χ4n) is 7.28. The van der Waals surface area contributed by atoms with Crippen molar-refractivity contribution in [1.29, 1.82) is 10.5 Å². The topological polar surface area (TPSA) is 57.4 Å². The number of alkyl halides is 9. The number of benzene rings is 6. The number of fused-ring (bicyclic) bond motifs is 6. The molecule has 8 rings (SSSR count). The highest BCUT2D eigenvalue weighted by Gasteiger charge is 2.37. The Balaban J connectivity index is 1.62. The third kappa shape index (κ3) is 5.23. The Morgan fingerprint density at radius 2 is 0.981 bits per heavy atom. The maximum atomic E-state index is 14.8. The Morgan fingerprint density at radius 1 is 0.463 bits per heavy atom. The first-order chi connectivity index (χ1) is 25.6. The van der Waals surface area contributed by atoms with Gasteiger partial charge in [-0.05, 0) is 54.6 Å². The number of rotatable bonds is 3. The first-order valence-electron chi connectivity index (χ1n) is 16.0. The highest BCUT2D eigenvalue weighted by atomic mass is 19.4. The van der Waals surface area contributed by atoms with E-state index in [1.165, 1.54) is 39.5 Å². The standard InChI is InChI=1S/C41H19F9N4/c42-39(43,44)23-12-14-27-25-7-1-3-10-32(25)53(35(27)18-23)34-17-16-29(37-22(20-51)6-5-9-31(37)41(48,49)50)38(30(34)21-52)54-33-11-4-2-8-26(33)28-15-13-24(19-36(28)54)40(45,46)47/h1-19H. The van der Waals surface area contributed by atoms with Gasteiger partial charge in [-0.15, -0.1) is 0 Å². The largest absolute Gasteiger partial charge is 0.417 e. The zero-order valence-corrected chi connectivity index (χ0v) is 27.2. The molecule has 6 aromatic carbocycles. The maximum absolute atomic E-state index is 14.8. The van der Waals surface area contributed by atoms with E-state index in [9.17, 15) is 50.0 Å². The summed E-state index contributed by atoms with van der Waals surface area (Å²) >= 11 is 0. The number of nitrogens with zero attached hydrogens (tertiary/aromatic N) is 4. The highest BCUT2D eigenvalue weighted by Crippen LogP contribution is 2.47. The van der Waals surface area contributed by atoms with Crippen molar-refractivity contribution in [2.45, 2.75) is 18.5 Å². The summed E-state index contributed by atoms with van der Waals surface area (Å²) in [4.78, 5) is 0. The summed E-state index contributed by atoms with van der Waals surface area (Å²) in [5.74, 6) is 0. The Hall–Kier alpha value is -6.73. The van der Waals surface area contributed by atoms with Crippen LogP contribution in [0.5, 0.6) is 0 Å². The van der Waals surface area contributed by atoms with Crippen LogP contribution in [0, 0.1) is 22.7 Å². The van der Waals surface area contributed by atoms with E-state index in [0.29, 0.717) is 21.7 Å². The van der Waals surface area contributed by atoms with E-state index in [2.05, 4.69) is 0 Å². The normalized spacial score (nSPS) is 12.5. The Bertz CT molecular complexity index is 2930. The molecular weight excluding hydrogens is 719 g/mol. The summed E-state index contributed by atoms with van der Waals surface area (Å²) in [6, 6.07) is 28.1. The van der Waals surface area contributed by atoms with E-state index in [1.54, 1.807) is 48.5 Å². The summed E-state index contributed by atoms with van der Waals surface area (Å²) in [5.41, 5.74) is -5.04. The molecule has 0 atom stereocenters. The first-order valence-corrected chi connectivity index (χ1v) is 16.0. The first kappa shape index (κ1) is 34.4. The number of hydrogen-bond acceptors (Lipinski definition) is 2. The van der Waals surface area contributed by atoms with Gasteiger partial charge in [-0.2, -0.15) is 50.0 Å². The Labute approximate surface area is 298 Å². The predicted octanol–water partition coefficient (Wildman–Crippen LogP) is 12.3. The number of para-hydroxylation sites is 2. The third-order valence-electron chi connectivity index (χ3n) is 9.49. The third-order valence-corrected chi connectivity index (χ3v) is 9.49. The second kappa shape index (κ2) is 11.9. The van der Waals surface area contributed by atoms with E-state index < -0.39 is 46.3 Å². The van der Waals surface area contributed by atoms with Crippen molar-refractivity contribution in [1.82, 2.24) is 9.13 Å². The van der Waals surface area contributed by atoms with E-state index in [0.717, 1.165) is 42.5 Å². The molecule has 0 aliphatic rings. The molecule has 0 spiro atoms. The molecule has 0 bridgehead atoms. The molecule has 8 aromatic rings. The Kier molecular flexibility index (Phi) is 7.57. The molecule has 0 N–H and O–H groups in total. The van der Waals surface area contributed by atoms with Crippen molar-refractivity contribution in [3.63, 3.8) is 0 Å². The van der Waals surface area contributed by atoms with E-state index in [4.69, 9.17) is 0 Å². The van der Waals surface area contributed by atoms with Crippen LogP contribution in [-0.4, -0.2) is 9.13 Å². The summed E-state index contributed by atoms with van der Waals surface area (Å²) in [6.45, 7) is 0. The lowest BCUT2D eigenvalue weighted by Gasteiger charge is -2.22. The van der Waals surface area contributed by atoms with Crippen LogP contribution < -0.4 is 0 Å².